The Morgan fingerprint density at radius 1 is 1.15 bits per heavy atom. The zero-order valence-corrected chi connectivity index (χ0v) is 8.86. The van der Waals surface area contributed by atoms with E-state index < -0.39 is 0 Å². The van der Waals surface area contributed by atoms with Crippen molar-refractivity contribution in [2.75, 3.05) is 0 Å². The minimum atomic E-state index is 0.00435. The maximum atomic E-state index is 5.27. The van der Waals surface area contributed by atoms with Gasteiger partial charge >= 0.3 is 5.70 Å². The number of rotatable bonds is 3. The van der Waals surface area contributed by atoms with Crippen LogP contribution >= 0.6 is 0 Å². The van der Waals surface area contributed by atoms with Crippen molar-refractivity contribution in [3.05, 3.63) is 21.5 Å². The summed E-state index contributed by atoms with van der Waals surface area (Å²) in [6.45, 7) is 18.7. The Morgan fingerprint density at radius 3 is 1.92 bits per heavy atom. The molecule has 0 aliphatic carbocycles. The summed E-state index contributed by atoms with van der Waals surface area (Å²) in [4.78, 5) is 7.47. The minimum Gasteiger partial charge on any atom is -0.0785 e. The molecule has 1 unspecified atom stereocenters. The molecule has 0 aliphatic heterocycles. The standard InChI is InChI=1S/C11H18N2/c1-8(2)10(12-5)7-11(13-6)9(3)4/h5-10H,1-4H3/q+2/b11-7-. The Balaban J connectivity index is 4.70. The normalized spacial score (nSPS) is 14.0. The van der Waals surface area contributed by atoms with Crippen LogP contribution in [0, 0.1) is 25.0 Å². The quantitative estimate of drug-likeness (QED) is 0.625. The average Bonchev–Trinajstić information content (AvgIpc) is 2.05. The van der Waals surface area contributed by atoms with Gasteiger partial charge in [0.15, 0.2) is 0 Å². The van der Waals surface area contributed by atoms with Gasteiger partial charge in [-0.25, -0.2) is 0 Å². The lowest BCUT2D eigenvalue weighted by Gasteiger charge is -1.99. The highest BCUT2D eigenvalue weighted by Gasteiger charge is 2.24. The predicted octanol–water partition coefficient (Wildman–Crippen LogP) is 3.48. The molecule has 0 radical (unpaired) electrons. The summed E-state index contributed by atoms with van der Waals surface area (Å²) in [5.74, 6) is 0.688. The van der Waals surface area contributed by atoms with Crippen LogP contribution in [0.1, 0.15) is 27.7 Å². The molecule has 13 heavy (non-hydrogen) atoms. The van der Waals surface area contributed by atoms with Gasteiger partial charge in [0.2, 0.25) is 0 Å². The van der Waals surface area contributed by atoms with Crippen molar-refractivity contribution in [3.8, 4) is 13.1 Å². The smallest absolute Gasteiger partial charge is 0.0785 e. The maximum absolute atomic E-state index is 5.27. The fourth-order valence-corrected chi connectivity index (χ4v) is 0.967. The van der Waals surface area contributed by atoms with Crippen LogP contribution in [0.15, 0.2) is 11.8 Å². The van der Waals surface area contributed by atoms with E-state index in [1.165, 1.54) is 0 Å². The van der Waals surface area contributed by atoms with Gasteiger partial charge < -0.3 is 0 Å². The van der Waals surface area contributed by atoms with Gasteiger partial charge in [0, 0.05) is 5.92 Å². The number of hydrogen-bond donors (Lipinski definition) is 0. The Kier molecular flexibility index (Phi) is 4.85. The third-order valence-electron chi connectivity index (χ3n) is 1.94. The minimum absolute atomic E-state index is 0.00435. The number of nitrogens with zero attached hydrogens (tertiary/aromatic N) is 2. The molecule has 0 aromatic carbocycles. The Bertz CT molecular complexity index is 261. The molecule has 0 aliphatic rings. The van der Waals surface area contributed by atoms with E-state index in [2.05, 4.69) is 23.5 Å². The van der Waals surface area contributed by atoms with Crippen LogP contribution in [-0.4, -0.2) is 6.04 Å². The first-order valence-electron chi connectivity index (χ1n) is 4.55. The molecule has 2 nitrogen and oxygen atoms in total. The highest BCUT2D eigenvalue weighted by atomic mass is 14.7. The summed E-state index contributed by atoms with van der Waals surface area (Å²) >= 11 is 0. The van der Waals surface area contributed by atoms with Crippen molar-refractivity contribution >= 4 is 0 Å². The molecule has 0 heterocycles. The first kappa shape index (κ1) is 11.7. The molecular formula is C11H18N2+2. The Hall–Kier alpha value is -1.28. The summed E-state index contributed by atoms with van der Waals surface area (Å²) in [6.07, 6.45) is 1.93. The van der Waals surface area contributed by atoms with Crippen molar-refractivity contribution in [2.45, 2.75) is 33.7 Å². The highest BCUT2D eigenvalue weighted by molar-refractivity contribution is 5.19. The molecule has 0 N–H and O–H groups in total. The fourth-order valence-electron chi connectivity index (χ4n) is 0.967. The fraction of sp³-hybridized carbons (Fsp3) is 0.636. The average molecular weight is 178 g/mol. The first-order valence-corrected chi connectivity index (χ1v) is 4.55. The summed E-state index contributed by atoms with van der Waals surface area (Å²) in [6, 6.07) is 0.00435. The van der Waals surface area contributed by atoms with Crippen LogP contribution in [0.25, 0.3) is 9.69 Å². The molecule has 0 fully saturated rings. The molecule has 0 saturated carbocycles. The van der Waals surface area contributed by atoms with Gasteiger partial charge in [-0.2, -0.15) is 0 Å². The molecular weight excluding hydrogens is 160 g/mol. The second-order valence-electron chi connectivity index (χ2n) is 3.76. The molecule has 0 spiro atoms. The third-order valence-corrected chi connectivity index (χ3v) is 1.94. The van der Waals surface area contributed by atoms with E-state index in [1.807, 2.05) is 19.9 Å². The van der Waals surface area contributed by atoms with Gasteiger partial charge in [-0.05, 0) is 4.85 Å². The summed E-state index contributed by atoms with van der Waals surface area (Å²) in [7, 11) is 0. The highest BCUT2D eigenvalue weighted by Crippen LogP contribution is 2.16. The molecule has 0 amide bonds. The van der Waals surface area contributed by atoms with E-state index in [-0.39, 0.29) is 6.04 Å². The molecule has 1 atom stereocenters. The topological polar surface area (TPSA) is 8.72 Å². The Morgan fingerprint density at radius 2 is 1.69 bits per heavy atom. The largest absolute Gasteiger partial charge is 0.322 e. The third kappa shape index (κ3) is 3.76. The zero-order chi connectivity index (χ0) is 10.4. The summed E-state index contributed by atoms with van der Waals surface area (Å²) in [5, 5.41) is 0. The van der Waals surface area contributed by atoms with E-state index in [9.17, 15) is 0 Å². The molecule has 70 valence electrons. The van der Waals surface area contributed by atoms with Crippen molar-refractivity contribution in [1.29, 1.82) is 0 Å². The van der Waals surface area contributed by atoms with Crippen LogP contribution < -0.4 is 0 Å². The molecule has 0 aromatic heterocycles. The van der Waals surface area contributed by atoms with Gasteiger partial charge in [0.25, 0.3) is 19.2 Å². The van der Waals surface area contributed by atoms with Gasteiger partial charge in [0.05, 0.1) is 12.0 Å². The Labute approximate surface area is 80.9 Å². The molecule has 0 rings (SSSR count). The van der Waals surface area contributed by atoms with Gasteiger partial charge in [0.1, 0.15) is 0 Å². The monoisotopic (exact) mass is 178 g/mol. The van der Waals surface area contributed by atoms with E-state index in [0.29, 0.717) is 11.8 Å². The van der Waals surface area contributed by atoms with Crippen LogP contribution in [0.2, 0.25) is 0 Å². The first-order chi connectivity index (χ1) is 6.02. The van der Waals surface area contributed by atoms with Crippen molar-refractivity contribution in [3.63, 3.8) is 0 Å². The van der Waals surface area contributed by atoms with E-state index >= 15 is 0 Å². The molecule has 2 heteroatoms. The molecule has 0 bridgehead atoms. The molecule has 0 saturated heterocycles. The van der Waals surface area contributed by atoms with Gasteiger partial charge in [-0.1, -0.05) is 32.5 Å². The lowest BCUT2D eigenvalue weighted by molar-refractivity contribution is 0.620. The SMILES string of the molecule is C#[N+]/C(=C\C([N+]#C)C(C)C)C(C)C. The number of allylic oxidation sites excluding steroid dienone is 1. The summed E-state index contributed by atoms with van der Waals surface area (Å²) < 4.78 is 0. The van der Waals surface area contributed by atoms with Crippen LogP contribution in [-0.2, 0) is 0 Å². The summed E-state index contributed by atoms with van der Waals surface area (Å²) in [5.41, 5.74) is 0.855. The maximum Gasteiger partial charge on any atom is 0.322 e. The van der Waals surface area contributed by atoms with E-state index in [1.54, 1.807) is 0 Å². The van der Waals surface area contributed by atoms with E-state index in [0.717, 1.165) is 5.70 Å². The van der Waals surface area contributed by atoms with Crippen molar-refractivity contribution in [1.82, 2.24) is 0 Å². The zero-order valence-electron chi connectivity index (χ0n) is 8.86. The van der Waals surface area contributed by atoms with E-state index in [4.69, 9.17) is 13.1 Å². The van der Waals surface area contributed by atoms with Gasteiger partial charge in [-0.3, -0.25) is 0 Å². The second-order valence-corrected chi connectivity index (χ2v) is 3.76. The predicted molar refractivity (Wildman–Crippen MR) is 58.2 cm³/mol. The van der Waals surface area contributed by atoms with Crippen molar-refractivity contribution in [2.24, 2.45) is 11.8 Å². The van der Waals surface area contributed by atoms with Crippen LogP contribution in [0.4, 0.5) is 0 Å². The van der Waals surface area contributed by atoms with Crippen LogP contribution in [0.5, 0.6) is 0 Å². The second kappa shape index (κ2) is 5.38. The lowest BCUT2D eigenvalue weighted by Crippen LogP contribution is -2.08. The van der Waals surface area contributed by atoms with Crippen LogP contribution in [0.3, 0.4) is 0 Å². The van der Waals surface area contributed by atoms with Gasteiger partial charge in [-0.15, -0.1) is 0 Å². The lowest BCUT2D eigenvalue weighted by atomic mass is 10.0. The number of hydrogen-bond acceptors (Lipinski definition) is 0. The molecule has 0 aromatic rings. The van der Waals surface area contributed by atoms with Crippen molar-refractivity contribution < 1.29 is 0 Å².